The van der Waals surface area contributed by atoms with Crippen LogP contribution in [0, 0.1) is 4.91 Å². The van der Waals surface area contributed by atoms with E-state index >= 15 is 0 Å². The minimum absolute atomic E-state index is 0.0325. The maximum atomic E-state index is 10.6. The minimum Gasteiger partial charge on any atom is -0.506 e. The second-order valence-electron chi connectivity index (χ2n) is 4.32. The Kier molecular flexibility index (Phi) is 2.28. The highest BCUT2D eigenvalue weighted by atomic mass is 16.3. The number of hydrogen-bond donors (Lipinski definition) is 3. The van der Waals surface area contributed by atoms with Gasteiger partial charge in [0.15, 0.2) is 11.5 Å². The van der Waals surface area contributed by atoms with Crippen LogP contribution in [0.1, 0.15) is 0 Å². The van der Waals surface area contributed by atoms with Crippen LogP contribution in [0.25, 0.3) is 21.5 Å². The van der Waals surface area contributed by atoms with Gasteiger partial charge in [-0.3, -0.25) is 0 Å². The number of hydrogen-bond acceptors (Lipinski definition) is 5. The first-order valence-electron chi connectivity index (χ1n) is 5.54. The van der Waals surface area contributed by atoms with E-state index in [0.717, 1.165) is 0 Å². The molecule has 3 rings (SSSR count). The van der Waals surface area contributed by atoms with Crippen LogP contribution < -0.4 is 0 Å². The molecule has 0 bridgehead atoms. The van der Waals surface area contributed by atoms with Gasteiger partial charge in [0.05, 0.1) is 0 Å². The highest BCUT2D eigenvalue weighted by Crippen LogP contribution is 2.36. The molecule has 3 N–H and O–H groups in total. The third kappa shape index (κ3) is 1.72. The molecule has 19 heavy (non-hydrogen) atoms. The average Bonchev–Trinajstić information content (AvgIpc) is 2.38. The molecule has 0 spiro atoms. The van der Waals surface area contributed by atoms with Crippen molar-refractivity contribution in [3.05, 3.63) is 41.3 Å². The van der Waals surface area contributed by atoms with Crippen LogP contribution in [0.15, 0.2) is 41.6 Å². The quantitative estimate of drug-likeness (QED) is 0.352. The summed E-state index contributed by atoms with van der Waals surface area (Å²) in [6.45, 7) is 0. The lowest BCUT2D eigenvalue weighted by molar-refractivity contribution is 0.405. The van der Waals surface area contributed by atoms with E-state index in [9.17, 15) is 20.2 Å². The second kappa shape index (κ2) is 3.84. The molecule has 0 aliphatic carbocycles. The van der Waals surface area contributed by atoms with Gasteiger partial charge in [-0.2, -0.15) is 0 Å². The molecule has 5 nitrogen and oxygen atoms in total. The summed E-state index contributed by atoms with van der Waals surface area (Å²) in [4.78, 5) is 10.6. The van der Waals surface area contributed by atoms with E-state index in [1.165, 1.54) is 24.3 Å². The summed E-state index contributed by atoms with van der Waals surface area (Å²) in [6.07, 6.45) is 0. The van der Waals surface area contributed by atoms with E-state index in [-0.39, 0.29) is 22.9 Å². The van der Waals surface area contributed by atoms with Gasteiger partial charge >= 0.3 is 0 Å². The standard InChI is InChI=1S/C14H9NO4/c16-12-4-8-2-10-6-14(18)13(17)5-9(10)1-7(8)3-11(12)15-19/h1-6,16-18H. The van der Waals surface area contributed by atoms with Gasteiger partial charge in [-0.25, -0.2) is 0 Å². The molecule has 0 fully saturated rings. The van der Waals surface area contributed by atoms with Crippen molar-refractivity contribution >= 4 is 27.2 Å². The lowest BCUT2D eigenvalue weighted by Crippen LogP contribution is -1.78. The molecule has 0 atom stereocenters. The Bertz CT molecular complexity index is 827. The van der Waals surface area contributed by atoms with Crippen LogP contribution in [0.5, 0.6) is 17.2 Å². The van der Waals surface area contributed by atoms with Gasteiger partial charge < -0.3 is 15.3 Å². The predicted octanol–water partition coefficient (Wildman–Crippen LogP) is 3.51. The molecular weight excluding hydrogens is 246 g/mol. The normalized spacial score (nSPS) is 10.9. The summed E-state index contributed by atoms with van der Waals surface area (Å²) in [6, 6.07) is 9.28. The van der Waals surface area contributed by atoms with Gasteiger partial charge in [-0.1, -0.05) is 0 Å². The zero-order valence-corrected chi connectivity index (χ0v) is 9.66. The van der Waals surface area contributed by atoms with E-state index in [4.69, 9.17) is 0 Å². The van der Waals surface area contributed by atoms with Crippen molar-refractivity contribution in [2.75, 3.05) is 0 Å². The Balaban J connectivity index is 2.41. The molecule has 0 aromatic heterocycles. The molecule has 3 aromatic rings. The van der Waals surface area contributed by atoms with Crippen LogP contribution >= 0.6 is 0 Å². The van der Waals surface area contributed by atoms with Gasteiger partial charge in [-0.15, -0.1) is 4.91 Å². The summed E-state index contributed by atoms with van der Waals surface area (Å²) in [5.74, 6) is -0.605. The van der Waals surface area contributed by atoms with Crippen molar-refractivity contribution in [3.63, 3.8) is 0 Å². The number of phenols is 3. The molecule has 0 saturated heterocycles. The summed E-state index contributed by atoms with van der Waals surface area (Å²) in [7, 11) is 0. The third-order valence-electron chi connectivity index (χ3n) is 3.08. The molecule has 0 amide bonds. The highest BCUT2D eigenvalue weighted by Gasteiger charge is 2.07. The number of nitroso groups, excluding NO2 is 1. The molecule has 94 valence electrons. The number of aromatic hydroxyl groups is 3. The van der Waals surface area contributed by atoms with Crippen molar-refractivity contribution in [3.8, 4) is 17.2 Å². The zero-order chi connectivity index (χ0) is 13.6. The Hall–Kier alpha value is -2.82. The molecule has 5 heteroatoms. The van der Waals surface area contributed by atoms with E-state index in [1.807, 2.05) is 0 Å². The van der Waals surface area contributed by atoms with Crippen molar-refractivity contribution in [2.45, 2.75) is 0 Å². The van der Waals surface area contributed by atoms with Crippen molar-refractivity contribution < 1.29 is 15.3 Å². The fourth-order valence-electron chi connectivity index (χ4n) is 2.13. The van der Waals surface area contributed by atoms with Crippen LogP contribution in [0.3, 0.4) is 0 Å². The van der Waals surface area contributed by atoms with Crippen molar-refractivity contribution in [1.29, 1.82) is 0 Å². The van der Waals surface area contributed by atoms with Crippen molar-refractivity contribution in [2.24, 2.45) is 5.18 Å². The summed E-state index contributed by atoms with van der Waals surface area (Å²) in [5, 5.41) is 34.1. The Morgan fingerprint density at radius 1 is 0.632 bits per heavy atom. The number of rotatable bonds is 1. The van der Waals surface area contributed by atoms with E-state index in [0.29, 0.717) is 21.5 Å². The van der Waals surface area contributed by atoms with Gasteiger partial charge in [0, 0.05) is 0 Å². The summed E-state index contributed by atoms with van der Waals surface area (Å²) in [5.41, 5.74) is -0.0325. The van der Waals surface area contributed by atoms with E-state index in [2.05, 4.69) is 5.18 Å². The third-order valence-corrected chi connectivity index (χ3v) is 3.08. The molecular formula is C14H9NO4. The van der Waals surface area contributed by atoms with Crippen LogP contribution in [0.2, 0.25) is 0 Å². The number of benzene rings is 3. The molecule has 0 aliphatic rings. The highest BCUT2D eigenvalue weighted by molar-refractivity contribution is 6.01. The van der Waals surface area contributed by atoms with Gasteiger partial charge in [0.25, 0.3) is 0 Å². The first kappa shape index (κ1) is 11.3. The van der Waals surface area contributed by atoms with Crippen molar-refractivity contribution in [1.82, 2.24) is 0 Å². The predicted molar refractivity (Wildman–Crippen MR) is 71.9 cm³/mol. The fourth-order valence-corrected chi connectivity index (χ4v) is 2.13. The Morgan fingerprint density at radius 3 is 1.53 bits per heavy atom. The molecule has 3 aromatic carbocycles. The SMILES string of the molecule is O=Nc1cc2cc3cc(O)c(O)cc3cc2cc1O. The van der Waals surface area contributed by atoms with Crippen LogP contribution in [0.4, 0.5) is 5.69 Å². The Morgan fingerprint density at radius 2 is 1.05 bits per heavy atom. The largest absolute Gasteiger partial charge is 0.506 e. The van der Waals surface area contributed by atoms with Gasteiger partial charge in [-0.05, 0) is 63.1 Å². The van der Waals surface area contributed by atoms with Crippen LogP contribution in [-0.2, 0) is 0 Å². The average molecular weight is 255 g/mol. The van der Waals surface area contributed by atoms with Gasteiger partial charge in [0.2, 0.25) is 0 Å². The maximum Gasteiger partial charge on any atom is 0.158 e. The van der Waals surface area contributed by atoms with E-state index in [1.54, 1.807) is 12.1 Å². The minimum atomic E-state index is -0.209. The summed E-state index contributed by atoms with van der Waals surface area (Å²) < 4.78 is 0. The molecule has 0 unspecified atom stereocenters. The monoisotopic (exact) mass is 255 g/mol. The lowest BCUT2D eigenvalue weighted by Gasteiger charge is -2.06. The zero-order valence-electron chi connectivity index (χ0n) is 9.66. The molecule has 0 saturated carbocycles. The second-order valence-corrected chi connectivity index (χ2v) is 4.32. The topological polar surface area (TPSA) is 90.1 Å². The maximum absolute atomic E-state index is 10.6. The first-order valence-corrected chi connectivity index (χ1v) is 5.54. The summed E-state index contributed by atoms with van der Waals surface area (Å²) >= 11 is 0. The first-order chi connectivity index (χ1) is 9.08. The van der Waals surface area contributed by atoms with E-state index < -0.39 is 0 Å². The van der Waals surface area contributed by atoms with Gasteiger partial charge in [0.1, 0.15) is 11.4 Å². The molecule has 0 radical (unpaired) electrons. The smallest absolute Gasteiger partial charge is 0.158 e. The fraction of sp³-hybridized carbons (Fsp3) is 0. The molecule has 0 aliphatic heterocycles. The molecule has 0 heterocycles. The lowest BCUT2D eigenvalue weighted by atomic mass is 10.0. The van der Waals surface area contributed by atoms with Crippen LogP contribution in [-0.4, -0.2) is 15.3 Å². The number of fused-ring (bicyclic) bond motifs is 2. The number of phenolic OH excluding ortho intramolecular Hbond substituents is 3. The Labute approximate surface area is 107 Å². The number of nitrogens with zero attached hydrogens (tertiary/aromatic N) is 1.